The van der Waals surface area contributed by atoms with E-state index in [2.05, 4.69) is 0 Å². The highest BCUT2D eigenvalue weighted by atomic mass is 32.2. The molecule has 1 aromatic rings. The van der Waals surface area contributed by atoms with Crippen LogP contribution in [0.15, 0.2) is 9.31 Å². The summed E-state index contributed by atoms with van der Waals surface area (Å²) in [5.41, 5.74) is 5.73. The number of rotatable bonds is 5. The number of nitrogens with one attached hydrogen (secondary N) is 1. The Labute approximate surface area is 98.0 Å². The molecular formula is C9H14F2N2O3S. The molecule has 98 valence electrons. The maximum Gasteiger partial charge on any atom is 0.251 e. The first-order chi connectivity index (χ1) is 7.79. The van der Waals surface area contributed by atoms with Crippen molar-refractivity contribution >= 4 is 10.0 Å². The molecule has 0 aromatic carbocycles. The van der Waals surface area contributed by atoms with E-state index >= 15 is 0 Å². The van der Waals surface area contributed by atoms with E-state index in [1.807, 2.05) is 4.72 Å². The van der Waals surface area contributed by atoms with Crippen LogP contribution < -0.4 is 10.5 Å². The number of nitrogens with two attached hydrogens (primary N) is 1. The number of aryl methyl sites for hydroxylation is 2. The molecule has 1 rings (SSSR count). The summed E-state index contributed by atoms with van der Waals surface area (Å²) in [6.45, 7) is 2.05. The lowest BCUT2D eigenvalue weighted by molar-refractivity contribution is 0.153. The molecule has 8 heteroatoms. The van der Waals surface area contributed by atoms with Crippen LogP contribution in [0, 0.1) is 13.8 Å². The Bertz CT molecular complexity index is 497. The molecule has 0 saturated heterocycles. The first-order valence-electron chi connectivity index (χ1n) is 4.86. The van der Waals surface area contributed by atoms with Gasteiger partial charge < -0.3 is 10.2 Å². The monoisotopic (exact) mass is 268 g/mol. The number of hydrogen-bond donors (Lipinski definition) is 2. The van der Waals surface area contributed by atoms with E-state index in [1.165, 1.54) is 6.92 Å². The van der Waals surface area contributed by atoms with Crippen LogP contribution in [0.25, 0.3) is 0 Å². The fraction of sp³-hybridized carbons (Fsp3) is 0.556. The highest BCUT2D eigenvalue weighted by molar-refractivity contribution is 7.89. The Morgan fingerprint density at radius 1 is 1.35 bits per heavy atom. The Morgan fingerprint density at radius 2 is 1.94 bits per heavy atom. The van der Waals surface area contributed by atoms with E-state index in [1.54, 1.807) is 6.92 Å². The summed E-state index contributed by atoms with van der Waals surface area (Å²) in [4.78, 5) is -0.141. The average molecular weight is 268 g/mol. The number of halogens is 2. The second kappa shape index (κ2) is 5.11. The summed E-state index contributed by atoms with van der Waals surface area (Å²) in [5.74, 6) is 0.520. The van der Waals surface area contributed by atoms with Crippen molar-refractivity contribution in [3.63, 3.8) is 0 Å². The second-order valence-electron chi connectivity index (χ2n) is 3.47. The normalized spacial score (nSPS) is 12.4. The molecule has 3 N–H and O–H groups in total. The van der Waals surface area contributed by atoms with Crippen LogP contribution in [-0.2, 0) is 16.6 Å². The van der Waals surface area contributed by atoms with Crippen molar-refractivity contribution in [1.82, 2.24) is 4.72 Å². The second-order valence-corrected chi connectivity index (χ2v) is 5.17. The van der Waals surface area contributed by atoms with Gasteiger partial charge in [-0.05, 0) is 13.8 Å². The number of alkyl halides is 2. The molecule has 0 spiro atoms. The van der Waals surface area contributed by atoms with E-state index in [0.717, 1.165) is 0 Å². The van der Waals surface area contributed by atoms with Crippen LogP contribution in [-0.4, -0.2) is 21.4 Å². The molecule has 5 nitrogen and oxygen atoms in total. The van der Waals surface area contributed by atoms with E-state index in [-0.39, 0.29) is 17.2 Å². The van der Waals surface area contributed by atoms with Gasteiger partial charge in [-0.3, -0.25) is 0 Å². The van der Waals surface area contributed by atoms with Gasteiger partial charge in [0, 0.05) is 12.1 Å². The Morgan fingerprint density at radius 3 is 2.41 bits per heavy atom. The van der Waals surface area contributed by atoms with Crippen LogP contribution in [0.3, 0.4) is 0 Å². The molecule has 0 unspecified atom stereocenters. The minimum absolute atomic E-state index is 0.0336. The third-order valence-electron chi connectivity index (χ3n) is 2.23. The van der Waals surface area contributed by atoms with Crippen molar-refractivity contribution < 1.29 is 21.6 Å². The van der Waals surface area contributed by atoms with Crippen molar-refractivity contribution in [1.29, 1.82) is 0 Å². The van der Waals surface area contributed by atoms with Crippen LogP contribution in [0.1, 0.15) is 17.1 Å². The summed E-state index contributed by atoms with van der Waals surface area (Å²) in [6.07, 6.45) is -2.75. The van der Waals surface area contributed by atoms with Crippen molar-refractivity contribution in [3.05, 3.63) is 17.1 Å². The lowest BCUT2D eigenvalue weighted by atomic mass is 10.2. The van der Waals surface area contributed by atoms with E-state index in [9.17, 15) is 17.2 Å². The van der Waals surface area contributed by atoms with Gasteiger partial charge in [0.25, 0.3) is 6.43 Å². The SMILES string of the molecule is Cc1oc(C)c(S(=O)(=O)NCC(F)F)c1CN. The van der Waals surface area contributed by atoms with E-state index in [4.69, 9.17) is 10.2 Å². The lowest BCUT2D eigenvalue weighted by Gasteiger charge is -2.06. The van der Waals surface area contributed by atoms with Crippen LogP contribution in [0.5, 0.6) is 0 Å². The molecule has 0 radical (unpaired) electrons. The minimum Gasteiger partial charge on any atom is -0.465 e. The van der Waals surface area contributed by atoms with Crippen LogP contribution >= 0.6 is 0 Å². The first-order valence-corrected chi connectivity index (χ1v) is 6.34. The third-order valence-corrected chi connectivity index (χ3v) is 3.84. The van der Waals surface area contributed by atoms with Crippen molar-refractivity contribution in [2.75, 3.05) is 6.54 Å². The quantitative estimate of drug-likeness (QED) is 0.830. The molecule has 0 atom stereocenters. The summed E-state index contributed by atoms with van der Waals surface area (Å²) in [6, 6.07) is 0. The van der Waals surface area contributed by atoms with Gasteiger partial charge in [0.2, 0.25) is 10.0 Å². The molecule has 0 fully saturated rings. The summed E-state index contributed by atoms with van der Waals surface area (Å²) >= 11 is 0. The summed E-state index contributed by atoms with van der Waals surface area (Å²) in [5, 5.41) is 0. The zero-order valence-corrected chi connectivity index (χ0v) is 10.3. The van der Waals surface area contributed by atoms with Gasteiger partial charge >= 0.3 is 0 Å². The minimum atomic E-state index is -4.01. The Balaban J connectivity index is 3.14. The standard InChI is InChI=1S/C9H14F2N2O3S/c1-5-7(3-12)9(6(2)16-5)17(14,15)13-4-8(10)11/h8,13H,3-4,12H2,1-2H3. The number of furan rings is 1. The zero-order valence-electron chi connectivity index (χ0n) is 9.46. The topological polar surface area (TPSA) is 85.3 Å². The molecular weight excluding hydrogens is 254 g/mol. The fourth-order valence-electron chi connectivity index (χ4n) is 1.54. The van der Waals surface area contributed by atoms with Gasteiger partial charge in [0.1, 0.15) is 16.4 Å². The van der Waals surface area contributed by atoms with Gasteiger partial charge in [-0.15, -0.1) is 0 Å². The smallest absolute Gasteiger partial charge is 0.251 e. The zero-order chi connectivity index (χ0) is 13.2. The van der Waals surface area contributed by atoms with Gasteiger partial charge in [-0.2, -0.15) is 0 Å². The molecule has 17 heavy (non-hydrogen) atoms. The van der Waals surface area contributed by atoms with Gasteiger partial charge in [-0.1, -0.05) is 0 Å². The average Bonchev–Trinajstić information content (AvgIpc) is 2.50. The van der Waals surface area contributed by atoms with Crippen molar-refractivity contribution in [3.8, 4) is 0 Å². The van der Waals surface area contributed by atoms with Gasteiger partial charge in [0.05, 0.1) is 6.54 Å². The largest absolute Gasteiger partial charge is 0.465 e. The van der Waals surface area contributed by atoms with E-state index < -0.39 is 23.0 Å². The predicted molar refractivity (Wildman–Crippen MR) is 57.3 cm³/mol. The van der Waals surface area contributed by atoms with Crippen LogP contribution in [0.2, 0.25) is 0 Å². The highest BCUT2D eigenvalue weighted by Crippen LogP contribution is 2.25. The molecule has 1 heterocycles. The van der Waals surface area contributed by atoms with Crippen LogP contribution in [0.4, 0.5) is 8.78 Å². The summed E-state index contributed by atoms with van der Waals surface area (Å²) < 4.78 is 54.5. The molecule has 0 aliphatic carbocycles. The highest BCUT2D eigenvalue weighted by Gasteiger charge is 2.26. The molecule has 0 aliphatic rings. The maximum absolute atomic E-state index is 12.0. The predicted octanol–water partition coefficient (Wildman–Crippen LogP) is 0.899. The number of hydrogen-bond acceptors (Lipinski definition) is 4. The molecule has 0 amide bonds. The third kappa shape index (κ3) is 3.02. The first kappa shape index (κ1) is 14.1. The lowest BCUT2D eigenvalue weighted by Crippen LogP contribution is -2.29. The fourth-order valence-corrected chi connectivity index (χ4v) is 3.00. The van der Waals surface area contributed by atoms with Gasteiger partial charge in [0.15, 0.2) is 0 Å². The molecule has 0 aliphatic heterocycles. The Kier molecular flexibility index (Phi) is 4.23. The summed E-state index contributed by atoms with van der Waals surface area (Å²) in [7, 11) is -4.01. The molecule has 0 saturated carbocycles. The maximum atomic E-state index is 12.0. The number of sulfonamides is 1. The molecule has 1 aromatic heterocycles. The Hall–Kier alpha value is -0.990. The molecule has 0 bridgehead atoms. The van der Waals surface area contributed by atoms with Gasteiger partial charge in [-0.25, -0.2) is 21.9 Å². The van der Waals surface area contributed by atoms with Crippen molar-refractivity contribution in [2.45, 2.75) is 31.7 Å². The van der Waals surface area contributed by atoms with E-state index in [0.29, 0.717) is 11.3 Å². The van der Waals surface area contributed by atoms with Crippen molar-refractivity contribution in [2.24, 2.45) is 5.73 Å².